The van der Waals surface area contributed by atoms with Crippen LogP contribution in [-0.2, 0) is 11.2 Å². The number of hydrogen-bond acceptors (Lipinski definition) is 5. The fourth-order valence-corrected chi connectivity index (χ4v) is 3.02. The molecule has 0 radical (unpaired) electrons. The van der Waals surface area contributed by atoms with Gasteiger partial charge in [0.2, 0.25) is 11.8 Å². The largest absolute Gasteiger partial charge is 0.354 e. The molecule has 2 heterocycles. The molecule has 1 atom stereocenters. The van der Waals surface area contributed by atoms with E-state index in [-0.39, 0.29) is 18.4 Å². The lowest BCUT2D eigenvalue weighted by molar-refractivity contribution is -0.120. The summed E-state index contributed by atoms with van der Waals surface area (Å²) in [4.78, 5) is 18.6. The Morgan fingerprint density at radius 3 is 2.70 bits per heavy atom. The summed E-state index contributed by atoms with van der Waals surface area (Å²) in [5, 5.41) is 6.77. The Kier molecular flexibility index (Phi) is 5.02. The molecule has 1 aromatic carbocycles. The number of nitrogens with one attached hydrogen (secondary N) is 1. The minimum absolute atomic E-state index is 0.0778. The van der Waals surface area contributed by atoms with Crippen LogP contribution in [-0.4, -0.2) is 40.6 Å². The first-order valence-electron chi connectivity index (χ1n) is 8.07. The molecule has 1 unspecified atom stereocenters. The van der Waals surface area contributed by atoms with Crippen LogP contribution in [0, 0.1) is 6.92 Å². The van der Waals surface area contributed by atoms with Gasteiger partial charge in [0.05, 0.1) is 12.5 Å². The van der Waals surface area contributed by atoms with Crippen molar-refractivity contribution in [2.24, 2.45) is 0 Å². The Labute approximate surface area is 135 Å². The molecule has 122 valence electrons. The van der Waals surface area contributed by atoms with Crippen LogP contribution in [0.25, 0.3) is 0 Å². The molecule has 0 saturated carbocycles. The molecule has 1 amide bonds. The molecule has 1 aromatic heterocycles. The van der Waals surface area contributed by atoms with Crippen molar-refractivity contribution in [3.8, 4) is 0 Å². The topological polar surface area (TPSA) is 71.3 Å². The van der Waals surface area contributed by atoms with E-state index in [4.69, 9.17) is 4.52 Å². The monoisotopic (exact) mass is 314 g/mol. The van der Waals surface area contributed by atoms with Crippen LogP contribution in [0.5, 0.6) is 0 Å². The molecular weight excluding hydrogens is 292 g/mol. The molecule has 1 N–H and O–H groups in total. The van der Waals surface area contributed by atoms with E-state index in [9.17, 15) is 4.79 Å². The standard InChI is InChI=1S/C17H22N4O2/c1-13-19-16(20-23-13)11-17(22)18-12-15(21-9-5-6-10-21)14-7-3-2-4-8-14/h2-4,7-8,15H,5-6,9-12H2,1H3,(H,18,22). The van der Waals surface area contributed by atoms with Gasteiger partial charge < -0.3 is 9.84 Å². The third-order valence-electron chi connectivity index (χ3n) is 4.15. The lowest BCUT2D eigenvalue weighted by Crippen LogP contribution is -2.37. The summed E-state index contributed by atoms with van der Waals surface area (Å²) in [6.07, 6.45) is 2.59. The zero-order valence-corrected chi connectivity index (χ0v) is 13.4. The smallest absolute Gasteiger partial charge is 0.227 e. The summed E-state index contributed by atoms with van der Waals surface area (Å²) >= 11 is 0. The van der Waals surface area contributed by atoms with Gasteiger partial charge in [-0.15, -0.1) is 0 Å². The van der Waals surface area contributed by atoms with Gasteiger partial charge in [-0.2, -0.15) is 4.98 Å². The quantitative estimate of drug-likeness (QED) is 0.881. The Balaban J connectivity index is 1.61. The molecule has 1 aliphatic rings. The number of amides is 1. The molecule has 6 nitrogen and oxygen atoms in total. The van der Waals surface area contributed by atoms with Crippen molar-refractivity contribution in [1.82, 2.24) is 20.4 Å². The van der Waals surface area contributed by atoms with Gasteiger partial charge >= 0.3 is 0 Å². The molecule has 23 heavy (non-hydrogen) atoms. The van der Waals surface area contributed by atoms with Gasteiger partial charge in [0.25, 0.3) is 0 Å². The summed E-state index contributed by atoms with van der Waals surface area (Å²) in [6.45, 7) is 4.48. The van der Waals surface area contributed by atoms with E-state index >= 15 is 0 Å². The Bertz CT molecular complexity index is 635. The summed E-state index contributed by atoms with van der Waals surface area (Å²) in [7, 11) is 0. The minimum atomic E-state index is -0.0778. The van der Waals surface area contributed by atoms with Gasteiger partial charge in [0.15, 0.2) is 5.82 Å². The van der Waals surface area contributed by atoms with Gasteiger partial charge in [-0.25, -0.2) is 0 Å². The van der Waals surface area contributed by atoms with Crippen molar-refractivity contribution in [2.45, 2.75) is 32.2 Å². The number of carbonyl (C=O) groups is 1. The second-order valence-corrected chi connectivity index (χ2v) is 5.88. The molecule has 0 spiro atoms. The third-order valence-corrected chi connectivity index (χ3v) is 4.15. The highest BCUT2D eigenvalue weighted by Crippen LogP contribution is 2.24. The highest BCUT2D eigenvalue weighted by atomic mass is 16.5. The number of aryl methyl sites for hydroxylation is 1. The molecule has 1 saturated heterocycles. The van der Waals surface area contributed by atoms with E-state index in [1.165, 1.54) is 18.4 Å². The normalized spacial score (nSPS) is 16.4. The van der Waals surface area contributed by atoms with Crippen LogP contribution in [0.2, 0.25) is 0 Å². The molecule has 2 aromatic rings. The van der Waals surface area contributed by atoms with E-state index < -0.39 is 0 Å². The van der Waals surface area contributed by atoms with Crippen molar-refractivity contribution in [1.29, 1.82) is 0 Å². The first-order valence-corrected chi connectivity index (χ1v) is 8.07. The molecule has 1 aliphatic heterocycles. The van der Waals surface area contributed by atoms with E-state index in [0.29, 0.717) is 18.3 Å². The van der Waals surface area contributed by atoms with Crippen molar-refractivity contribution in [3.05, 3.63) is 47.6 Å². The summed E-state index contributed by atoms with van der Waals surface area (Å²) in [5.74, 6) is 0.829. The molecular formula is C17H22N4O2. The van der Waals surface area contributed by atoms with Gasteiger partial charge in [-0.1, -0.05) is 35.5 Å². The predicted molar refractivity (Wildman–Crippen MR) is 85.7 cm³/mol. The number of likely N-dealkylation sites (tertiary alicyclic amines) is 1. The van der Waals surface area contributed by atoms with E-state index in [2.05, 4.69) is 32.5 Å². The van der Waals surface area contributed by atoms with Crippen LogP contribution < -0.4 is 5.32 Å². The maximum atomic E-state index is 12.1. The predicted octanol–water partition coefficient (Wildman–Crippen LogP) is 1.87. The second kappa shape index (κ2) is 7.37. The van der Waals surface area contributed by atoms with Crippen LogP contribution in [0.1, 0.15) is 36.2 Å². The second-order valence-electron chi connectivity index (χ2n) is 5.88. The number of carbonyl (C=O) groups excluding carboxylic acids is 1. The molecule has 1 fully saturated rings. The first kappa shape index (κ1) is 15.7. The Morgan fingerprint density at radius 2 is 2.04 bits per heavy atom. The first-order chi connectivity index (χ1) is 11.2. The summed E-state index contributed by atoms with van der Waals surface area (Å²) in [6, 6.07) is 10.6. The van der Waals surface area contributed by atoms with Crippen LogP contribution in [0.15, 0.2) is 34.9 Å². The number of aromatic nitrogens is 2. The average Bonchev–Trinajstić information content (AvgIpc) is 3.21. The van der Waals surface area contributed by atoms with Gasteiger partial charge in [-0.3, -0.25) is 9.69 Å². The highest BCUT2D eigenvalue weighted by molar-refractivity contribution is 5.77. The van der Waals surface area contributed by atoms with Crippen molar-refractivity contribution >= 4 is 5.91 Å². The number of rotatable bonds is 6. The van der Waals surface area contributed by atoms with Crippen LogP contribution >= 0.6 is 0 Å². The maximum Gasteiger partial charge on any atom is 0.227 e. The van der Waals surface area contributed by atoms with E-state index in [1.807, 2.05) is 18.2 Å². The fourth-order valence-electron chi connectivity index (χ4n) is 3.02. The summed E-state index contributed by atoms with van der Waals surface area (Å²) < 4.78 is 4.89. The zero-order valence-electron chi connectivity index (χ0n) is 13.4. The maximum absolute atomic E-state index is 12.1. The number of hydrogen-bond donors (Lipinski definition) is 1. The zero-order chi connectivity index (χ0) is 16.1. The van der Waals surface area contributed by atoms with Gasteiger partial charge in [0, 0.05) is 13.5 Å². The number of nitrogens with zero attached hydrogens (tertiary/aromatic N) is 3. The van der Waals surface area contributed by atoms with Gasteiger partial charge in [0.1, 0.15) is 0 Å². The van der Waals surface area contributed by atoms with Crippen molar-refractivity contribution in [2.75, 3.05) is 19.6 Å². The molecule has 0 bridgehead atoms. The number of benzene rings is 1. The lowest BCUT2D eigenvalue weighted by Gasteiger charge is -2.28. The van der Waals surface area contributed by atoms with Crippen LogP contribution in [0.4, 0.5) is 0 Å². The Morgan fingerprint density at radius 1 is 1.30 bits per heavy atom. The van der Waals surface area contributed by atoms with Crippen molar-refractivity contribution in [3.63, 3.8) is 0 Å². The van der Waals surface area contributed by atoms with E-state index in [0.717, 1.165) is 13.1 Å². The van der Waals surface area contributed by atoms with Crippen molar-refractivity contribution < 1.29 is 9.32 Å². The van der Waals surface area contributed by atoms with Crippen LogP contribution in [0.3, 0.4) is 0 Å². The Hall–Kier alpha value is -2.21. The fraction of sp³-hybridized carbons (Fsp3) is 0.471. The minimum Gasteiger partial charge on any atom is -0.354 e. The third kappa shape index (κ3) is 4.16. The molecule has 6 heteroatoms. The molecule has 3 rings (SSSR count). The highest BCUT2D eigenvalue weighted by Gasteiger charge is 2.24. The summed E-state index contributed by atoms with van der Waals surface area (Å²) in [5.41, 5.74) is 1.24. The SMILES string of the molecule is Cc1nc(CC(=O)NCC(c2ccccc2)N2CCCC2)no1. The molecule has 0 aliphatic carbocycles. The lowest BCUT2D eigenvalue weighted by atomic mass is 10.1. The van der Waals surface area contributed by atoms with E-state index in [1.54, 1.807) is 6.92 Å². The van der Waals surface area contributed by atoms with Gasteiger partial charge in [-0.05, 0) is 31.5 Å². The average molecular weight is 314 g/mol.